The van der Waals surface area contributed by atoms with E-state index in [2.05, 4.69) is 10.3 Å². The van der Waals surface area contributed by atoms with Crippen molar-refractivity contribution in [1.82, 2.24) is 5.32 Å². The van der Waals surface area contributed by atoms with Crippen molar-refractivity contribution in [2.75, 3.05) is 14.2 Å². The number of benzene rings is 1. The summed E-state index contributed by atoms with van der Waals surface area (Å²) in [5.41, 5.74) is 0.672. The second kappa shape index (κ2) is 7.92. The molecular formula is C17H24N2O5S. The number of hydrogen-bond donors (Lipinski definition) is 3. The number of hydrogen-bond acceptors (Lipinski definition) is 8. The fourth-order valence-corrected chi connectivity index (χ4v) is 4.01. The Morgan fingerprint density at radius 2 is 2.00 bits per heavy atom. The van der Waals surface area contributed by atoms with Gasteiger partial charge in [-0.25, -0.2) is 0 Å². The van der Waals surface area contributed by atoms with Gasteiger partial charge in [0.05, 0.1) is 19.8 Å². The number of aliphatic hydroxyl groups excluding tert-OH is 2. The molecule has 1 aromatic carbocycles. The lowest BCUT2D eigenvalue weighted by Gasteiger charge is -2.40. The monoisotopic (exact) mass is 368 g/mol. The average molecular weight is 368 g/mol. The number of ether oxygens (including phenoxy) is 3. The summed E-state index contributed by atoms with van der Waals surface area (Å²) in [6, 6.07) is 7.13. The van der Waals surface area contributed by atoms with Crippen molar-refractivity contribution >= 4 is 16.9 Å². The van der Waals surface area contributed by atoms with Crippen molar-refractivity contribution < 1.29 is 24.4 Å². The molecule has 2 aliphatic heterocycles. The first kappa shape index (κ1) is 18.5. The zero-order valence-electron chi connectivity index (χ0n) is 14.5. The smallest absolute Gasteiger partial charge is 0.159 e. The molecule has 138 valence electrons. The van der Waals surface area contributed by atoms with E-state index in [1.165, 1.54) is 11.8 Å². The molecule has 2 heterocycles. The molecule has 7 nitrogen and oxygen atoms in total. The van der Waals surface area contributed by atoms with E-state index < -0.39 is 24.4 Å². The molecule has 1 fully saturated rings. The third kappa shape index (κ3) is 3.93. The van der Waals surface area contributed by atoms with Gasteiger partial charge in [0.15, 0.2) is 5.17 Å². The molecule has 0 aliphatic carbocycles. The highest BCUT2D eigenvalue weighted by molar-refractivity contribution is 8.14. The number of rotatable bonds is 5. The van der Waals surface area contributed by atoms with E-state index in [1.54, 1.807) is 14.2 Å². The Bertz CT molecular complexity index is 612. The summed E-state index contributed by atoms with van der Waals surface area (Å²) in [6.07, 6.45) is -3.03. The van der Waals surface area contributed by atoms with E-state index in [-0.39, 0.29) is 11.5 Å². The third-order valence-electron chi connectivity index (χ3n) is 4.45. The van der Waals surface area contributed by atoms with Crippen LogP contribution < -0.4 is 10.1 Å². The molecule has 0 amide bonds. The normalized spacial score (nSPS) is 32.7. The summed E-state index contributed by atoms with van der Waals surface area (Å²) in [5, 5.41) is 24.4. The summed E-state index contributed by atoms with van der Waals surface area (Å²) in [5.74, 6) is 0.788. The van der Waals surface area contributed by atoms with Gasteiger partial charge in [-0.1, -0.05) is 23.9 Å². The van der Waals surface area contributed by atoms with Gasteiger partial charge in [0, 0.05) is 7.05 Å². The van der Waals surface area contributed by atoms with Crippen LogP contribution in [0.3, 0.4) is 0 Å². The topological polar surface area (TPSA) is 92.5 Å². The minimum Gasteiger partial charge on any atom is -0.497 e. The van der Waals surface area contributed by atoms with E-state index in [9.17, 15) is 10.2 Å². The fraction of sp³-hybridized carbons (Fsp3) is 0.588. The molecular weight excluding hydrogens is 344 g/mol. The summed E-state index contributed by atoms with van der Waals surface area (Å²) in [4.78, 5) is 4.34. The van der Waals surface area contributed by atoms with Crippen LogP contribution in [0.5, 0.6) is 5.75 Å². The first-order chi connectivity index (χ1) is 12.0. The summed E-state index contributed by atoms with van der Waals surface area (Å²) in [6.45, 7) is 2.22. The van der Waals surface area contributed by atoms with Crippen LogP contribution >= 0.6 is 11.8 Å². The molecule has 2 aliphatic rings. The first-order valence-electron chi connectivity index (χ1n) is 8.22. The van der Waals surface area contributed by atoms with Gasteiger partial charge in [-0.05, 0) is 24.6 Å². The maximum absolute atomic E-state index is 10.4. The predicted molar refractivity (Wildman–Crippen MR) is 95.8 cm³/mol. The molecule has 1 aromatic rings. The van der Waals surface area contributed by atoms with Crippen molar-refractivity contribution in [2.45, 2.75) is 49.4 Å². The van der Waals surface area contributed by atoms with Crippen molar-refractivity contribution in [3.8, 4) is 5.75 Å². The van der Waals surface area contributed by atoms with E-state index in [0.717, 1.165) is 11.3 Å². The SMILES string of the molecule is CNC1=N[C@@H]2[C@@H](O)[C@H](O)[C@@H]([C@H](C)OCc3ccc(OC)cc3)O[C@@H]2S1. The summed E-state index contributed by atoms with van der Waals surface area (Å²) < 4.78 is 17.0. The molecule has 1 saturated heterocycles. The van der Waals surface area contributed by atoms with Crippen molar-refractivity contribution in [3.63, 3.8) is 0 Å². The van der Waals surface area contributed by atoms with Crippen LogP contribution in [0.15, 0.2) is 29.3 Å². The number of thioether (sulfide) groups is 1. The predicted octanol–water partition coefficient (Wildman–Crippen LogP) is 0.738. The van der Waals surface area contributed by atoms with Crippen LogP contribution in [0.25, 0.3) is 0 Å². The van der Waals surface area contributed by atoms with Crippen molar-refractivity contribution in [3.05, 3.63) is 29.8 Å². The number of aliphatic hydroxyl groups is 2. The molecule has 3 N–H and O–H groups in total. The molecule has 25 heavy (non-hydrogen) atoms. The quantitative estimate of drug-likeness (QED) is 0.706. The minimum atomic E-state index is -1.05. The molecule has 3 rings (SSSR count). The number of amidine groups is 1. The van der Waals surface area contributed by atoms with Crippen LogP contribution in [0.1, 0.15) is 12.5 Å². The standard InChI is InChI=1S/C17H24N2O5S/c1-9(23-8-10-4-6-11(22-3)7-5-10)15-14(21)13(20)12-16(24-15)25-17(18-2)19-12/h4-7,9,12-16,20-21H,8H2,1-3H3,(H,18,19)/t9-,12+,13+,14-,15+,16+/m0/s1. The van der Waals surface area contributed by atoms with E-state index in [0.29, 0.717) is 11.8 Å². The molecule has 0 radical (unpaired) electrons. The molecule has 0 bridgehead atoms. The zero-order chi connectivity index (χ0) is 18.0. The summed E-state index contributed by atoms with van der Waals surface area (Å²) >= 11 is 1.42. The third-order valence-corrected chi connectivity index (χ3v) is 5.60. The molecule has 8 heteroatoms. The molecule has 6 atom stereocenters. The Balaban J connectivity index is 1.59. The number of nitrogens with one attached hydrogen (secondary N) is 1. The Morgan fingerprint density at radius 1 is 1.28 bits per heavy atom. The largest absolute Gasteiger partial charge is 0.497 e. The van der Waals surface area contributed by atoms with Crippen LogP contribution in [0.2, 0.25) is 0 Å². The van der Waals surface area contributed by atoms with E-state index in [1.807, 2.05) is 31.2 Å². The lowest BCUT2D eigenvalue weighted by atomic mass is 9.95. The highest BCUT2D eigenvalue weighted by Crippen LogP contribution is 2.37. The van der Waals surface area contributed by atoms with Gasteiger partial charge in [0.25, 0.3) is 0 Å². The van der Waals surface area contributed by atoms with E-state index in [4.69, 9.17) is 14.2 Å². The number of methoxy groups -OCH3 is 1. The lowest BCUT2D eigenvalue weighted by Crippen LogP contribution is -2.58. The molecule has 0 unspecified atom stereocenters. The van der Waals surface area contributed by atoms with Gasteiger partial charge in [-0.3, -0.25) is 4.99 Å². The number of fused-ring (bicyclic) bond motifs is 1. The lowest BCUT2D eigenvalue weighted by molar-refractivity contribution is -0.193. The average Bonchev–Trinajstić information content (AvgIpc) is 3.06. The van der Waals surface area contributed by atoms with Gasteiger partial charge in [-0.2, -0.15) is 0 Å². The Morgan fingerprint density at radius 3 is 2.64 bits per heavy atom. The highest BCUT2D eigenvalue weighted by Gasteiger charge is 2.49. The fourth-order valence-electron chi connectivity index (χ4n) is 2.94. The number of nitrogens with zero attached hydrogens (tertiary/aromatic N) is 1. The van der Waals surface area contributed by atoms with Crippen molar-refractivity contribution in [1.29, 1.82) is 0 Å². The van der Waals surface area contributed by atoms with Crippen LogP contribution in [-0.4, -0.2) is 65.4 Å². The van der Waals surface area contributed by atoms with E-state index >= 15 is 0 Å². The Labute approximate surface area is 151 Å². The minimum absolute atomic E-state index is 0.321. The summed E-state index contributed by atoms with van der Waals surface area (Å²) in [7, 11) is 3.39. The molecule has 0 spiro atoms. The number of aliphatic imine (C=N–C) groups is 1. The molecule has 0 aromatic heterocycles. The Kier molecular flexibility index (Phi) is 5.85. The first-order valence-corrected chi connectivity index (χ1v) is 9.09. The second-order valence-electron chi connectivity index (χ2n) is 6.11. The second-order valence-corrected chi connectivity index (χ2v) is 7.19. The van der Waals surface area contributed by atoms with Gasteiger partial charge in [0.2, 0.25) is 0 Å². The van der Waals surface area contributed by atoms with Gasteiger partial charge < -0.3 is 29.7 Å². The zero-order valence-corrected chi connectivity index (χ0v) is 15.3. The maximum atomic E-state index is 10.4. The highest BCUT2D eigenvalue weighted by atomic mass is 32.2. The Hall–Kier alpha value is -1.32. The van der Waals surface area contributed by atoms with Gasteiger partial charge in [-0.15, -0.1) is 0 Å². The van der Waals surface area contributed by atoms with Crippen LogP contribution in [0, 0.1) is 0 Å². The van der Waals surface area contributed by atoms with Crippen molar-refractivity contribution in [2.24, 2.45) is 4.99 Å². The maximum Gasteiger partial charge on any atom is 0.159 e. The van der Waals surface area contributed by atoms with Crippen LogP contribution in [0.4, 0.5) is 0 Å². The van der Waals surface area contributed by atoms with Gasteiger partial charge in [0.1, 0.15) is 35.5 Å². The van der Waals surface area contributed by atoms with Crippen LogP contribution in [-0.2, 0) is 16.1 Å². The molecule has 0 saturated carbocycles. The van der Waals surface area contributed by atoms with Gasteiger partial charge >= 0.3 is 0 Å².